The van der Waals surface area contributed by atoms with Gasteiger partial charge in [-0.3, -0.25) is 9.59 Å². The van der Waals surface area contributed by atoms with Crippen LogP contribution < -0.4 is 25.8 Å². The summed E-state index contributed by atoms with van der Waals surface area (Å²) in [4.78, 5) is 23.0. The Morgan fingerprint density at radius 2 is 1.71 bits per heavy atom. The third-order valence-electron chi connectivity index (χ3n) is 4.97. The Morgan fingerprint density at radius 1 is 1.00 bits per heavy atom. The Hall–Kier alpha value is -2.49. The van der Waals surface area contributed by atoms with E-state index in [0.29, 0.717) is 19.4 Å². The van der Waals surface area contributed by atoms with Crippen molar-refractivity contribution in [3.05, 3.63) is 46.9 Å². The molecule has 216 valence electrons. The number of amides is 1. The van der Waals surface area contributed by atoms with Gasteiger partial charge in [-0.25, -0.2) is 0 Å². The van der Waals surface area contributed by atoms with Crippen molar-refractivity contribution in [2.45, 2.75) is 66.7 Å². The van der Waals surface area contributed by atoms with Crippen LogP contribution in [-0.4, -0.2) is 57.2 Å². The molecule has 8 nitrogen and oxygen atoms in total. The standard InChI is InChI=1S/C12H14O4.C11H19N3OS.C4H10.C2H6/c1-2-14-12(13)6-4-9-3-5-10-11(7-9)16-8-15-10;12-11(15)9-14-7-6-13-5-4-10-3-1-2-8-16-10;1-3-4-2;1-2/h3,5,7H,2,4,6,8H2,1H3;1-3,13-14H,4-9H2,(H2,12,15);3-4H2,1-2H3;1-2H3. The topological polar surface area (TPSA) is 112 Å². The zero-order chi connectivity index (χ0) is 28.4. The summed E-state index contributed by atoms with van der Waals surface area (Å²) >= 11 is 1.89. The van der Waals surface area contributed by atoms with Gasteiger partial charge in [0.2, 0.25) is 12.7 Å². The summed E-state index contributed by atoms with van der Waals surface area (Å²) in [6.45, 7) is 13.7. The van der Waals surface area contributed by atoms with Gasteiger partial charge in [0.1, 0.15) is 0 Å². The lowest BCUT2D eigenvalue weighted by Crippen LogP contribution is -2.34. The van der Waals surface area contributed by atoms with Crippen LogP contribution in [0.5, 0.6) is 11.5 Å². The van der Waals surface area contributed by atoms with Gasteiger partial charge in [0.15, 0.2) is 11.5 Å². The van der Waals surface area contributed by atoms with E-state index >= 15 is 0 Å². The van der Waals surface area contributed by atoms with Crippen molar-refractivity contribution in [2.24, 2.45) is 5.73 Å². The molecule has 2 aliphatic heterocycles. The quantitative estimate of drug-likeness (QED) is 0.233. The normalized spacial score (nSPS) is 12.5. The minimum Gasteiger partial charge on any atom is -0.466 e. The molecule has 9 heteroatoms. The highest BCUT2D eigenvalue weighted by Gasteiger charge is 2.13. The molecule has 2 aliphatic rings. The summed E-state index contributed by atoms with van der Waals surface area (Å²) in [6, 6.07) is 5.71. The number of benzene rings is 1. The number of fused-ring (bicyclic) bond motifs is 1. The van der Waals surface area contributed by atoms with Gasteiger partial charge in [-0.05, 0) is 48.9 Å². The van der Waals surface area contributed by atoms with Gasteiger partial charge in [-0.2, -0.15) is 0 Å². The lowest BCUT2D eigenvalue weighted by molar-refractivity contribution is -0.143. The summed E-state index contributed by atoms with van der Waals surface area (Å²) in [5.74, 6) is 2.13. The Bertz CT molecular complexity index is 828. The molecule has 0 spiro atoms. The highest BCUT2D eigenvalue weighted by Crippen LogP contribution is 2.32. The summed E-state index contributed by atoms with van der Waals surface area (Å²) in [7, 11) is 0. The van der Waals surface area contributed by atoms with E-state index in [2.05, 4.69) is 42.7 Å². The fourth-order valence-electron chi connectivity index (χ4n) is 2.89. The number of ether oxygens (including phenoxy) is 3. The van der Waals surface area contributed by atoms with Crippen LogP contribution in [0.4, 0.5) is 0 Å². The molecule has 2 heterocycles. The summed E-state index contributed by atoms with van der Waals surface area (Å²) in [6.07, 6.45) is 11.2. The van der Waals surface area contributed by atoms with Crippen molar-refractivity contribution in [1.82, 2.24) is 10.6 Å². The predicted molar refractivity (Wildman–Crippen MR) is 159 cm³/mol. The number of nitrogens with one attached hydrogen (secondary N) is 2. The van der Waals surface area contributed by atoms with Crippen molar-refractivity contribution >= 4 is 23.6 Å². The Kier molecular flexibility index (Phi) is 23.2. The number of carbonyl (C=O) groups excluding carboxylic acids is 2. The number of esters is 1. The lowest BCUT2D eigenvalue weighted by Gasteiger charge is -2.09. The highest BCUT2D eigenvalue weighted by atomic mass is 32.2. The smallest absolute Gasteiger partial charge is 0.306 e. The van der Waals surface area contributed by atoms with E-state index < -0.39 is 0 Å². The molecule has 1 amide bonds. The third kappa shape index (κ3) is 18.7. The van der Waals surface area contributed by atoms with Crippen molar-refractivity contribution in [3.63, 3.8) is 0 Å². The van der Waals surface area contributed by atoms with E-state index in [-0.39, 0.29) is 25.2 Å². The maximum absolute atomic E-state index is 11.2. The molecule has 38 heavy (non-hydrogen) atoms. The van der Waals surface area contributed by atoms with Crippen LogP contribution in [0.25, 0.3) is 0 Å². The van der Waals surface area contributed by atoms with Crippen LogP contribution in [0.2, 0.25) is 0 Å². The largest absolute Gasteiger partial charge is 0.466 e. The summed E-state index contributed by atoms with van der Waals surface area (Å²) < 4.78 is 15.3. The van der Waals surface area contributed by atoms with Crippen LogP contribution in [0.15, 0.2) is 41.3 Å². The van der Waals surface area contributed by atoms with Crippen LogP contribution in [0, 0.1) is 0 Å². The molecule has 0 fully saturated rings. The molecule has 0 radical (unpaired) electrons. The van der Waals surface area contributed by atoms with Gasteiger partial charge in [-0.15, -0.1) is 11.8 Å². The molecular weight excluding hydrogens is 502 g/mol. The SMILES string of the molecule is CC.CCCC.CCOC(=O)CCc1ccc2c(c1)OCO2.NC(=O)CNCCNCCC1=CC=CCS1. The number of unbranched alkanes of at least 4 members (excludes halogenated alkanes) is 1. The van der Waals surface area contributed by atoms with Crippen LogP contribution >= 0.6 is 11.8 Å². The number of aryl methyl sites for hydroxylation is 1. The predicted octanol–water partition coefficient (Wildman–Crippen LogP) is 4.97. The molecule has 0 saturated heterocycles. The zero-order valence-corrected chi connectivity index (χ0v) is 24.8. The minimum absolute atomic E-state index is 0.167. The van der Waals surface area contributed by atoms with Gasteiger partial charge in [0.05, 0.1) is 13.2 Å². The number of thioether (sulfide) groups is 1. The molecule has 1 aromatic rings. The first-order chi connectivity index (χ1) is 18.5. The number of allylic oxidation sites excluding steroid dienone is 2. The van der Waals surface area contributed by atoms with E-state index in [4.69, 9.17) is 19.9 Å². The molecule has 1 aromatic carbocycles. The van der Waals surface area contributed by atoms with Crippen LogP contribution in [-0.2, 0) is 20.7 Å². The number of rotatable bonds is 13. The first kappa shape index (κ1) is 35.5. The molecule has 0 aliphatic carbocycles. The zero-order valence-electron chi connectivity index (χ0n) is 24.0. The van der Waals surface area contributed by atoms with Crippen LogP contribution in [0.3, 0.4) is 0 Å². The maximum atomic E-state index is 11.2. The first-order valence-corrected chi connectivity index (χ1v) is 14.7. The van der Waals surface area contributed by atoms with Crippen molar-refractivity contribution < 1.29 is 23.8 Å². The second-order valence-electron chi connectivity index (χ2n) is 8.01. The first-order valence-electron chi connectivity index (χ1n) is 13.7. The number of nitrogens with two attached hydrogens (primary N) is 1. The van der Waals surface area contributed by atoms with Gasteiger partial charge in [0, 0.05) is 25.3 Å². The molecule has 0 saturated carbocycles. The Balaban J connectivity index is 0.000000598. The van der Waals surface area contributed by atoms with E-state index in [0.717, 1.165) is 48.9 Å². The summed E-state index contributed by atoms with van der Waals surface area (Å²) in [5.41, 5.74) is 6.05. The van der Waals surface area contributed by atoms with E-state index in [1.807, 2.05) is 43.8 Å². The highest BCUT2D eigenvalue weighted by molar-refractivity contribution is 8.03. The second kappa shape index (κ2) is 24.8. The molecule has 0 unspecified atom stereocenters. The monoisotopic (exact) mass is 551 g/mol. The number of hydrogen-bond donors (Lipinski definition) is 3. The average molecular weight is 552 g/mol. The van der Waals surface area contributed by atoms with E-state index in [1.54, 1.807) is 6.92 Å². The van der Waals surface area contributed by atoms with Gasteiger partial charge in [0.25, 0.3) is 0 Å². The molecule has 4 N–H and O–H groups in total. The van der Waals surface area contributed by atoms with Crippen molar-refractivity contribution in [3.8, 4) is 11.5 Å². The number of hydrogen-bond acceptors (Lipinski definition) is 8. The fourth-order valence-corrected chi connectivity index (χ4v) is 3.73. The Morgan fingerprint density at radius 3 is 2.34 bits per heavy atom. The van der Waals surface area contributed by atoms with E-state index in [1.165, 1.54) is 17.7 Å². The average Bonchev–Trinajstić information content (AvgIpc) is 3.42. The lowest BCUT2D eigenvalue weighted by atomic mass is 10.1. The van der Waals surface area contributed by atoms with Gasteiger partial charge >= 0.3 is 5.97 Å². The molecule has 3 rings (SSSR count). The van der Waals surface area contributed by atoms with Crippen molar-refractivity contribution in [1.29, 1.82) is 0 Å². The molecule has 0 atom stereocenters. The molecule has 0 bridgehead atoms. The van der Waals surface area contributed by atoms with Crippen LogP contribution in [0.1, 0.15) is 65.9 Å². The number of primary amides is 1. The van der Waals surface area contributed by atoms with Crippen molar-refractivity contribution in [2.75, 3.05) is 45.3 Å². The summed E-state index contributed by atoms with van der Waals surface area (Å²) in [5, 5.41) is 6.27. The minimum atomic E-state index is -0.310. The third-order valence-corrected chi connectivity index (χ3v) is 6.04. The van der Waals surface area contributed by atoms with Gasteiger partial charge < -0.3 is 30.6 Å². The van der Waals surface area contributed by atoms with E-state index in [9.17, 15) is 9.59 Å². The number of carbonyl (C=O) groups is 2. The molecular formula is C29H49N3O5S. The molecule has 0 aromatic heterocycles. The fraction of sp³-hybridized carbons (Fsp3) is 0.586. The Labute approximate surface area is 234 Å². The van der Waals surface area contributed by atoms with Gasteiger partial charge in [-0.1, -0.05) is 64.8 Å². The maximum Gasteiger partial charge on any atom is 0.306 e. The second-order valence-corrected chi connectivity index (χ2v) is 9.15.